The van der Waals surface area contributed by atoms with Crippen LogP contribution in [-0.4, -0.2) is 62.8 Å². The second kappa shape index (κ2) is 28.9. The molecule has 50 heavy (non-hydrogen) atoms. The molecule has 2 aliphatic carbocycles. The molecule has 0 spiro atoms. The molecule has 7 heteroatoms. The first-order valence-electron chi connectivity index (χ1n) is 21.5. The Morgan fingerprint density at radius 2 is 1.14 bits per heavy atom. The summed E-state index contributed by atoms with van der Waals surface area (Å²) in [6.07, 6.45) is 29.7. The minimum absolute atomic E-state index is 0.0126. The van der Waals surface area contributed by atoms with Gasteiger partial charge in [-0.15, -0.1) is 0 Å². The summed E-state index contributed by atoms with van der Waals surface area (Å²) in [6.45, 7) is 6.62. The second-order valence-corrected chi connectivity index (χ2v) is 16.2. The van der Waals surface area contributed by atoms with Crippen LogP contribution in [0.4, 0.5) is 0 Å². The van der Waals surface area contributed by atoms with Gasteiger partial charge in [-0.05, 0) is 115 Å². The van der Waals surface area contributed by atoms with Gasteiger partial charge in [-0.25, -0.2) is 0 Å². The summed E-state index contributed by atoms with van der Waals surface area (Å²) in [5.41, 5.74) is 0. The van der Waals surface area contributed by atoms with Crippen LogP contribution in [0.2, 0.25) is 0 Å². The molecule has 292 valence electrons. The number of esters is 3. The Morgan fingerprint density at radius 3 is 1.66 bits per heavy atom. The van der Waals surface area contributed by atoms with Crippen LogP contribution in [0, 0.1) is 23.7 Å². The molecular weight excluding hydrogens is 626 g/mol. The largest absolute Gasteiger partial charge is 0.466 e. The maximum Gasteiger partial charge on any atom is 0.306 e. The van der Waals surface area contributed by atoms with E-state index in [0.29, 0.717) is 44.3 Å². The predicted octanol–water partition coefficient (Wildman–Crippen LogP) is 11.0. The highest BCUT2D eigenvalue weighted by Crippen LogP contribution is 2.54. The molecule has 0 radical (unpaired) electrons. The number of fused-ring (bicyclic) bond motifs is 1. The lowest BCUT2D eigenvalue weighted by Crippen LogP contribution is -2.46. The van der Waals surface area contributed by atoms with Gasteiger partial charge in [0.2, 0.25) is 0 Å². The Morgan fingerprint density at radius 1 is 0.600 bits per heavy atom. The number of rotatable bonds is 34. The molecular formula is C43H79NO6. The molecule has 2 aliphatic rings. The first kappa shape index (κ1) is 44.5. The van der Waals surface area contributed by atoms with Crippen molar-refractivity contribution in [3.05, 3.63) is 0 Å². The van der Waals surface area contributed by atoms with Gasteiger partial charge in [-0.1, -0.05) is 104 Å². The quantitative estimate of drug-likeness (QED) is 0.0374. The molecule has 0 N–H and O–H groups in total. The molecule has 0 bridgehead atoms. The molecule has 2 rings (SSSR count). The van der Waals surface area contributed by atoms with E-state index in [1.165, 1.54) is 70.6 Å². The minimum atomic E-state index is -0.0724. The van der Waals surface area contributed by atoms with Crippen LogP contribution in [0.3, 0.4) is 0 Å². The molecule has 7 nitrogen and oxygen atoms in total. The third-order valence-corrected chi connectivity index (χ3v) is 11.5. The van der Waals surface area contributed by atoms with Gasteiger partial charge in [0.15, 0.2) is 0 Å². The van der Waals surface area contributed by atoms with E-state index in [1.807, 2.05) is 14.1 Å². The first-order valence-corrected chi connectivity index (χ1v) is 21.5. The molecule has 0 heterocycles. The zero-order chi connectivity index (χ0) is 36.2. The number of ether oxygens (including phenoxy) is 3. The highest BCUT2D eigenvalue weighted by Gasteiger charge is 2.47. The standard InChI is InChI=1S/C43H79NO6/c1-5-7-15-22-36(23-16-8-6-2)31-33-48-41(45)26-19-13-9-11-17-24-39(50-43(47)28-21-32-44(3)4)25-18-12-10-14-20-27-42(46)49-35-38-34-37-29-30-40(37)38/h36-40H,5-35H2,1-4H3/t37-,38?,39?,40-/m1/s1. The summed E-state index contributed by atoms with van der Waals surface area (Å²) >= 11 is 0. The molecule has 0 aliphatic heterocycles. The van der Waals surface area contributed by atoms with E-state index in [-0.39, 0.29) is 24.0 Å². The molecule has 0 amide bonds. The van der Waals surface area contributed by atoms with Gasteiger partial charge >= 0.3 is 17.9 Å². The number of hydrogen-bond acceptors (Lipinski definition) is 7. The Balaban J connectivity index is 1.53. The number of unbranched alkanes of at least 4 members (excludes halogenated alkanes) is 12. The van der Waals surface area contributed by atoms with Crippen molar-refractivity contribution < 1.29 is 28.6 Å². The number of carbonyl (C=O) groups is 3. The van der Waals surface area contributed by atoms with Crippen LogP contribution < -0.4 is 0 Å². The van der Waals surface area contributed by atoms with Gasteiger partial charge in [0, 0.05) is 19.3 Å². The van der Waals surface area contributed by atoms with Gasteiger partial charge in [0.05, 0.1) is 13.2 Å². The third kappa shape index (κ3) is 21.7. The lowest BCUT2D eigenvalue weighted by molar-refractivity contribution is -0.151. The first-order chi connectivity index (χ1) is 24.3. The molecule has 2 saturated carbocycles. The summed E-state index contributed by atoms with van der Waals surface area (Å²) in [5, 5.41) is 0. The Hall–Kier alpha value is -1.63. The van der Waals surface area contributed by atoms with Crippen molar-refractivity contribution in [1.29, 1.82) is 0 Å². The van der Waals surface area contributed by atoms with Gasteiger partial charge in [0.1, 0.15) is 6.10 Å². The summed E-state index contributed by atoms with van der Waals surface area (Å²) in [6, 6.07) is 0. The summed E-state index contributed by atoms with van der Waals surface area (Å²) in [7, 11) is 4.05. The molecule has 2 fully saturated rings. The van der Waals surface area contributed by atoms with Gasteiger partial charge in [0.25, 0.3) is 0 Å². The van der Waals surface area contributed by atoms with Crippen LogP contribution in [0.5, 0.6) is 0 Å². The Bertz CT molecular complexity index is 867. The lowest BCUT2D eigenvalue weighted by Gasteiger charge is -2.52. The Labute approximate surface area is 308 Å². The van der Waals surface area contributed by atoms with Crippen LogP contribution in [0.25, 0.3) is 0 Å². The van der Waals surface area contributed by atoms with E-state index in [9.17, 15) is 14.4 Å². The highest BCUT2D eigenvalue weighted by atomic mass is 16.5. The average molecular weight is 706 g/mol. The van der Waals surface area contributed by atoms with Gasteiger partial charge in [-0.3, -0.25) is 14.4 Å². The topological polar surface area (TPSA) is 82.1 Å². The van der Waals surface area contributed by atoms with Crippen LogP contribution in [0.1, 0.15) is 194 Å². The molecule has 0 saturated heterocycles. The van der Waals surface area contributed by atoms with Crippen molar-refractivity contribution in [1.82, 2.24) is 4.90 Å². The minimum Gasteiger partial charge on any atom is -0.466 e. The highest BCUT2D eigenvalue weighted by molar-refractivity contribution is 5.70. The SMILES string of the molecule is CCCCCC(CCCCC)CCOC(=O)CCCCCCCC(CCCCCCCC(=O)OCC1C[C@H]2CC[C@@H]12)OC(=O)CCCN(C)C. The second-order valence-electron chi connectivity index (χ2n) is 16.2. The van der Waals surface area contributed by atoms with E-state index >= 15 is 0 Å². The fourth-order valence-electron chi connectivity index (χ4n) is 7.94. The maximum atomic E-state index is 12.6. The van der Waals surface area contributed by atoms with Crippen molar-refractivity contribution in [2.45, 2.75) is 200 Å². The van der Waals surface area contributed by atoms with Gasteiger partial charge in [-0.2, -0.15) is 0 Å². The van der Waals surface area contributed by atoms with E-state index < -0.39 is 0 Å². The van der Waals surface area contributed by atoms with E-state index in [2.05, 4.69) is 18.7 Å². The van der Waals surface area contributed by atoms with E-state index in [4.69, 9.17) is 14.2 Å². The van der Waals surface area contributed by atoms with Crippen LogP contribution in [-0.2, 0) is 28.6 Å². The van der Waals surface area contributed by atoms with Crippen LogP contribution in [0.15, 0.2) is 0 Å². The fraction of sp³-hybridized carbons (Fsp3) is 0.930. The molecule has 0 aromatic carbocycles. The fourth-order valence-corrected chi connectivity index (χ4v) is 7.94. The van der Waals surface area contributed by atoms with Crippen molar-refractivity contribution >= 4 is 17.9 Å². The summed E-state index contributed by atoms with van der Waals surface area (Å²) < 4.78 is 17.1. The predicted molar refractivity (Wildman–Crippen MR) is 205 cm³/mol. The normalized spacial score (nSPS) is 18.7. The number of carbonyl (C=O) groups excluding carboxylic acids is 3. The third-order valence-electron chi connectivity index (χ3n) is 11.5. The van der Waals surface area contributed by atoms with Crippen molar-refractivity contribution in [2.75, 3.05) is 33.9 Å². The Kier molecular flexibility index (Phi) is 25.7. The zero-order valence-electron chi connectivity index (χ0n) is 33.2. The van der Waals surface area contributed by atoms with Crippen molar-refractivity contribution in [3.8, 4) is 0 Å². The van der Waals surface area contributed by atoms with E-state index in [1.54, 1.807) is 0 Å². The monoisotopic (exact) mass is 706 g/mol. The van der Waals surface area contributed by atoms with Gasteiger partial charge < -0.3 is 19.1 Å². The molecule has 0 aromatic heterocycles. The number of nitrogens with zero attached hydrogens (tertiary/aromatic N) is 1. The molecule has 2 unspecified atom stereocenters. The smallest absolute Gasteiger partial charge is 0.306 e. The average Bonchev–Trinajstić information content (AvgIpc) is 3.07. The van der Waals surface area contributed by atoms with E-state index in [0.717, 1.165) is 108 Å². The molecule has 4 atom stereocenters. The number of hydrogen-bond donors (Lipinski definition) is 0. The zero-order valence-corrected chi connectivity index (χ0v) is 33.2. The van der Waals surface area contributed by atoms with Crippen molar-refractivity contribution in [2.24, 2.45) is 23.7 Å². The maximum absolute atomic E-state index is 12.6. The summed E-state index contributed by atoms with van der Waals surface area (Å²) in [4.78, 5) is 39.1. The summed E-state index contributed by atoms with van der Waals surface area (Å²) in [5.74, 6) is 2.98. The molecule has 0 aromatic rings. The lowest BCUT2D eigenvalue weighted by atomic mass is 9.53. The van der Waals surface area contributed by atoms with Crippen LogP contribution >= 0.6 is 0 Å². The van der Waals surface area contributed by atoms with Crippen molar-refractivity contribution in [3.63, 3.8) is 0 Å².